The maximum Gasteiger partial charge on any atom is 0.234 e. The second kappa shape index (κ2) is 36.8. The summed E-state index contributed by atoms with van der Waals surface area (Å²) in [5.41, 5.74) is 5.35. The molecule has 8 aromatic rings. The van der Waals surface area contributed by atoms with Gasteiger partial charge in [0.1, 0.15) is 11.3 Å². The molecule has 454 valence electrons. The summed E-state index contributed by atoms with van der Waals surface area (Å²) in [4.78, 5) is 72.0. The molecule has 1 aromatic heterocycles. The third-order valence-corrected chi connectivity index (χ3v) is 13.4. The van der Waals surface area contributed by atoms with E-state index < -0.39 is 23.0 Å². The molecule has 1 N–H and O–H groups in total. The number of aryl methyl sites for hydroxylation is 1. The minimum Gasteiger partial charge on any atom is -0.460 e. The van der Waals surface area contributed by atoms with E-state index in [4.69, 9.17) is 4.42 Å². The Bertz CT molecular complexity index is 3520. The fourth-order valence-corrected chi connectivity index (χ4v) is 10.2. The topological polar surface area (TPSA) is 136 Å². The summed E-state index contributed by atoms with van der Waals surface area (Å²) in [5.74, 6) is 0.0117. The summed E-state index contributed by atoms with van der Waals surface area (Å²) < 4.78 is 6.16. The highest BCUT2D eigenvalue weighted by molar-refractivity contribution is 6.53. The van der Waals surface area contributed by atoms with Gasteiger partial charge in [0.2, 0.25) is 17.3 Å². The van der Waals surface area contributed by atoms with Crippen LogP contribution in [-0.4, -0.2) is 39.8 Å². The van der Waals surface area contributed by atoms with Crippen molar-refractivity contribution in [3.8, 4) is 22.3 Å². The molecule has 86 heavy (non-hydrogen) atoms. The van der Waals surface area contributed by atoms with E-state index in [1.54, 1.807) is 60.7 Å². The lowest BCUT2D eigenvalue weighted by atomic mass is 9.69. The molecule has 0 radical (unpaired) electrons. The van der Waals surface area contributed by atoms with Gasteiger partial charge >= 0.3 is 0 Å². The average Bonchev–Trinajstić information content (AvgIpc) is 1.20. The molecule has 0 fully saturated rings. The number of fused-ring (bicyclic) bond motifs is 14. The van der Waals surface area contributed by atoms with Gasteiger partial charge in [-0.2, -0.15) is 0 Å². The first-order valence-electron chi connectivity index (χ1n) is 31.7. The van der Waals surface area contributed by atoms with Gasteiger partial charge in [-0.1, -0.05) is 279 Å². The number of hydrogen-bond acceptors (Lipinski definition) is 8. The third kappa shape index (κ3) is 17.4. The SMILES string of the molecule is CCC.CCC.CCC.CCC.CCC.CCC.O=C1C(=O)c2ccccc2-c2ccccc21.O=C1C=CCCC1.O=C1CCCC=C1C1(O)C(=O)c2ccccc2-c2ccccc21.O=C1CCCc2oc3c4ccccc4c4ccccc4c3c21. The number of benzene rings is 7. The van der Waals surface area contributed by atoms with Crippen molar-refractivity contribution in [1.82, 2.24) is 0 Å². The highest BCUT2D eigenvalue weighted by atomic mass is 16.3. The zero-order valence-electron chi connectivity index (χ0n) is 53.5. The minimum absolute atomic E-state index is 0.138. The predicted molar refractivity (Wildman–Crippen MR) is 360 cm³/mol. The first-order valence-corrected chi connectivity index (χ1v) is 31.7. The molecule has 0 amide bonds. The van der Waals surface area contributed by atoms with Crippen molar-refractivity contribution in [2.24, 2.45) is 0 Å². The van der Waals surface area contributed by atoms with E-state index in [9.17, 15) is 33.9 Å². The minimum atomic E-state index is -1.87. The maximum absolute atomic E-state index is 13.1. The number of allylic oxidation sites excluding steroid dienone is 3. The van der Waals surface area contributed by atoms with Crippen molar-refractivity contribution >= 4 is 67.2 Å². The van der Waals surface area contributed by atoms with Gasteiger partial charge in [-0.05, 0) is 76.6 Å². The number of aliphatic hydroxyl groups is 1. The fourth-order valence-electron chi connectivity index (χ4n) is 10.2. The Morgan fingerprint density at radius 3 is 1.27 bits per heavy atom. The maximum atomic E-state index is 13.1. The monoisotopic (exact) mass is 1160 g/mol. The molecule has 0 saturated heterocycles. The Kier molecular flexibility index (Phi) is 30.2. The lowest BCUT2D eigenvalue weighted by Gasteiger charge is -2.36. The molecule has 0 spiro atoms. The lowest BCUT2D eigenvalue weighted by molar-refractivity contribution is -0.118. The summed E-state index contributed by atoms with van der Waals surface area (Å²) in [6.45, 7) is 25.5. The number of ketones is 6. The molecule has 1 atom stereocenters. The van der Waals surface area contributed by atoms with E-state index in [0.29, 0.717) is 41.5 Å². The number of Topliss-reactive ketones (excluding diaryl/α,β-unsaturated/α-hetero) is 5. The van der Waals surface area contributed by atoms with Crippen LogP contribution < -0.4 is 0 Å². The summed E-state index contributed by atoms with van der Waals surface area (Å²) in [5, 5.41) is 17.0. The van der Waals surface area contributed by atoms with Crippen molar-refractivity contribution in [2.75, 3.05) is 0 Å². The van der Waals surface area contributed by atoms with Crippen LogP contribution in [0.2, 0.25) is 0 Å². The summed E-state index contributed by atoms with van der Waals surface area (Å²) in [6.07, 6.45) is 20.0. The van der Waals surface area contributed by atoms with Gasteiger partial charge in [0.15, 0.2) is 23.0 Å². The van der Waals surface area contributed by atoms with Crippen LogP contribution in [0.4, 0.5) is 0 Å². The summed E-state index contributed by atoms with van der Waals surface area (Å²) in [6, 6.07) is 45.6. The second-order valence-corrected chi connectivity index (χ2v) is 21.8. The number of carbonyl (C=O) groups is 6. The van der Waals surface area contributed by atoms with Crippen molar-refractivity contribution in [3.05, 3.63) is 203 Å². The molecule has 0 aliphatic heterocycles. The standard InChI is InChI=1S/C20H16O3.C20H14O2.C14H8O2.C6H8O.6C3H8/c21-18-12-6-5-11-17(18)20(23)16-10-4-3-8-14(16)13-7-1-2-9-15(13)19(20)22;21-16-10-5-11-17-19(16)18-14-8-3-1-6-12(14)13-7-2-4-9-15(13)20(18)22-17;15-13-11-7-3-1-5-9(11)10-6-2-4-8-12(10)14(13)16;7-6-4-2-1-3-5-6;6*1-3-2/h1-4,7-11,23H,5-6,12H2;1-4,6-9H,5,10-11H2;1-8H;2,4H,1,3,5H2;6*3H2,1-2H3. The van der Waals surface area contributed by atoms with Crippen molar-refractivity contribution in [3.63, 3.8) is 0 Å². The van der Waals surface area contributed by atoms with Crippen LogP contribution in [0.15, 0.2) is 174 Å². The molecule has 1 unspecified atom stereocenters. The van der Waals surface area contributed by atoms with Gasteiger partial charge in [-0.15, -0.1) is 0 Å². The Morgan fingerprint density at radius 2 is 0.802 bits per heavy atom. The van der Waals surface area contributed by atoms with Gasteiger partial charge in [0.25, 0.3) is 0 Å². The van der Waals surface area contributed by atoms with Crippen LogP contribution in [0.25, 0.3) is 54.8 Å². The first kappa shape index (κ1) is 70.5. The van der Waals surface area contributed by atoms with E-state index in [2.05, 4.69) is 119 Å². The van der Waals surface area contributed by atoms with Crippen molar-refractivity contribution < 1.29 is 38.3 Å². The van der Waals surface area contributed by atoms with Crippen LogP contribution in [0.1, 0.15) is 226 Å². The van der Waals surface area contributed by atoms with Gasteiger partial charge in [0, 0.05) is 64.3 Å². The normalized spacial score (nSPS) is 15.3. The molecule has 8 nitrogen and oxygen atoms in total. The molecular formula is C78H94O8. The van der Waals surface area contributed by atoms with E-state index >= 15 is 0 Å². The number of rotatable bonds is 1. The van der Waals surface area contributed by atoms with Gasteiger partial charge < -0.3 is 9.52 Å². The zero-order valence-corrected chi connectivity index (χ0v) is 53.5. The predicted octanol–water partition coefficient (Wildman–Crippen LogP) is 21.2. The van der Waals surface area contributed by atoms with Crippen LogP contribution in [0, 0.1) is 0 Å². The summed E-state index contributed by atoms with van der Waals surface area (Å²) in [7, 11) is 0. The van der Waals surface area contributed by atoms with E-state index in [-0.39, 0.29) is 22.9 Å². The molecule has 5 aliphatic rings. The smallest absolute Gasteiger partial charge is 0.234 e. The van der Waals surface area contributed by atoms with E-state index in [1.165, 1.54) is 49.3 Å². The molecule has 5 aliphatic carbocycles. The van der Waals surface area contributed by atoms with Crippen molar-refractivity contribution in [1.29, 1.82) is 0 Å². The van der Waals surface area contributed by atoms with Crippen molar-refractivity contribution in [2.45, 2.75) is 185 Å². The Morgan fingerprint density at radius 1 is 0.407 bits per heavy atom. The van der Waals surface area contributed by atoms with E-state index in [0.717, 1.165) is 93.8 Å². The molecule has 8 heteroatoms. The molecule has 0 bridgehead atoms. The average molecular weight is 1160 g/mol. The van der Waals surface area contributed by atoms with Crippen LogP contribution in [-0.2, 0) is 21.6 Å². The largest absolute Gasteiger partial charge is 0.460 e. The Balaban J connectivity index is 0.000000233. The molecule has 7 aromatic carbocycles. The summed E-state index contributed by atoms with van der Waals surface area (Å²) >= 11 is 0. The number of furan rings is 1. The molecule has 0 saturated carbocycles. The van der Waals surface area contributed by atoms with Crippen LogP contribution in [0.3, 0.4) is 0 Å². The van der Waals surface area contributed by atoms with Crippen LogP contribution in [0.5, 0.6) is 0 Å². The highest BCUT2D eigenvalue weighted by Gasteiger charge is 2.49. The first-order chi connectivity index (χ1) is 41.6. The lowest BCUT2D eigenvalue weighted by Crippen LogP contribution is -2.44. The second-order valence-electron chi connectivity index (χ2n) is 21.8. The Labute approximate surface area is 513 Å². The number of hydrogen-bond donors (Lipinski definition) is 1. The number of carbonyl (C=O) groups excluding carboxylic acids is 6. The fraction of sp³-hybridized carbons (Fsp3) is 0.359. The van der Waals surface area contributed by atoms with Gasteiger partial charge in [-0.3, -0.25) is 28.8 Å². The zero-order chi connectivity index (χ0) is 63.2. The molecular weight excluding hydrogens is 1060 g/mol. The Hall–Kier alpha value is -7.94. The van der Waals surface area contributed by atoms with Gasteiger partial charge in [0.05, 0.1) is 5.56 Å². The molecule has 13 rings (SSSR count). The highest BCUT2D eigenvalue weighted by Crippen LogP contribution is 2.47. The van der Waals surface area contributed by atoms with E-state index in [1.807, 2.05) is 66.7 Å². The quantitative estimate of drug-likeness (QED) is 0.127. The van der Waals surface area contributed by atoms with Gasteiger partial charge in [-0.25, -0.2) is 0 Å². The van der Waals surface area contributed by atoms with Crippen LogP contribution >= 0.6 is 0 Å². The molecule has 1 heterocycles. The third-order valence-electron chi connectivity index (χ3n) is 13.4.